The number of nitrogens with one attached hydrogen (secondary N) is 1. The molecule has 0 fully saturated rings. The summed E-state index contributed by atoms with van der Waals surface area (Å²) in [6.45, 7) is 7.78. The van der Waals surface area contributed by atoms with Crippen LogP contribution in [0.15, 0.2) is 22.7 Å². The Morgan fingerprint density at radius 1 is 1.33 bits per heavy atom. The maximum Gasteiger partial charge on any atom is 0.0945 e. The second-order valence-electron chi connectivity index (χ2n) is 4.93. The van der Waals surface area contributed by atoms with Crippen LogP contribution in [0.4, 0.5) is 5.69 Å². The topological polar surface area (TPSA) is 41.5 Å². The third kappa shape index (κ3) is 5.85. The van der Waals surface area contributed by atoms with E-state index in [-0.39, 0.29) is 0 Å². The van der Waals surface area contributed by atoms with Gasteiger partial charge in [0, 0.05) is 23.3 Å². The van der Waals surface area contributed by atoms with Crippen LogP contribution in [0.1, 0.15) is 19.4 Å². The van der Waals surface area contributed by atoms with Crippen LogP contribution in [-0.4, -0.2) is 31.0 Å². The van der Waals surface area contributed by atoms with E-state index in [4.69, 9.17) is 4.74 Å². The van der Waals surface area contributed by atoms with E-state index in [9.17, 15) is 5.11 Å². The van der Waals surface area contributed by atoms with Crippen molar-refractivity contribution < 1.29 is 9.84 Å². The molecule has 1 unspecified atom stereocenters. The lowest BCUT2D eigenvalue weighted by Crippen LogP contribution is -2.25. The molecule has 18 heavy (non-hydrogen) atoms. The van der Waals surface area contributed by atoms with Crippen LogP contribution in [0.25, 0.3) is 0 Å². The Bertz CT molecular complexity index is 369. The first kappa shape index (κ1) is 15.5. The van der Waals surface area contributed by atoms with Gasteiger partial charge >= 0.3 is 0 Å². The Morgan fingerprint density at radius 2 is 2.06 bits per heavy atom. The number of aliphatic hydroxyl groups is 1. The zero-order valence-corrected chi connectivity index (χ0v) is 12.8. The van der Waals surface area contributed by atoms with Gasteiger partial charge in [0.25, 0.3) is 0 Å². The average Bonchev–Trinajstić information content (AvgIpc) is 2.30. The average molecular weight is 316 g/mol. The smallest absolute Gasteiger partial charge is 0.0945 e. The van der Waals surface area contributed by atoms with Gasteiger partial charge in [-0.1, -0.05) is 35.8 Å². The van der Waals surface area contributed by atoms with Crippen LogP contribution >= 0.6 is 15.9 Å². The molecule has 4 heteroatoms. The maximum atomic E-state index is 9.78. The van der Waals surface area contributed by atoms with Gasteiger partial charge in [0.2, 0.25) is 0 Å². The Kier molecular flexibility index (Phi) is 6.68. The fourth-order valence-corrected chi connectivity index (χ4v) is 1.87. The van der Waals surface area contributed by atoms with E-state index in [0.717, 1.165) is 15.7 Å². The van der Waals surface area contributed by atoms with Gasteiger partial charge in [0.05, 0.1) is 12.7 Å². The van der Waals surface area contributed by atoms with Crippen LogP contribution in [0, 0.1) is 12.8 Å². The van der Waals surface area contributed by atoms with Crippen molar-refractivity contribution in [2.75, 3.05) is 25.1 Å². The van der Waals surface area contributed by atoms with Crippen molar-refractivity contribution >= 4 is 21.6 Å². The van der Waals surface area contributed by atoms with Crippen LogP contribution in [-0.2, 0) is 4.74 Å². The molecule has 1 aromatic carbocycles. The van der Waals surface area contributed by atoms with Crippen LogP contribution in [0.5, 0.6) is 0 Å². The van der Waals surface area contributed by atoms with Gasteiger partial charge in [-0.05, 0) is 30.5 Å². The zero-order chi connectivity index (χ0) is 13.5. The van der Waals surface area contributed by atoms with Crippen molar-refractivity contribution in [3.8, 4) is 0 Å². The largest absolute Gasteiger partial charge is 0.389 e. The fourth-order valence-electron chi connectivity index (χ4n) is 1.51. The Morgan fingerprint density at radius 3 is 2.72 bits per heavy atom. The number of aliphatic hydroxyl groups excluding tert-OH is 1. The molecule has 2 N–H and O–H groups in total. The summed E-state index contributed by atoms with van der Waals surface area (Å²) in [5.41, 5.74) is 2.20. The number of rotatable bonds is 7. The summed E-state index contributed by atoms with van der Waals surface area (Å²) in [5.74, 6) is 0.498. The molecule has 0 bridgehead atoms. The van der Waals surface area contributed by atoms with Crippen molar-refractivity contribution in [3.05, 3.63) is 28.2 Å². The lowest BCUT2D eigenvalue weighted by atomic mass is 10.2. The summed E-state index contributed by atoms with van der Waals surface area (Å²) in [5, 5.41) is 13.0. The van der Waals surface area contributed by atoms with E-state index >= 15 is 0 Å². The van der Waals surface area contributed by atoms with Crippen molar-refractivity contribution in [2.24, 2.45) is 5.92 Å². The quantitative estimate of drug-likeness (QED) is 0.812. The molecule has 3 nitrogen and oxygen atoms in total. The molecule has 0 saturated carbocycles. The van der Waals surface area contributed by atoms with Crippen molar-refractivity contribution in [1.82, 2.24) is 0 Å². The molecule has 0 aliphatic rings. The number of halogens is 1. The Balaban J connectivity index is 2.33. The van der Waals surface area contributed by atoms with Crippen LogP contribution in [0.2, 0.25) is 0 Å². The van der Waals surface area contributed by atoms with E-state index in [1.54, 1.807) is 0 Å². The van der Waals surface area contributed by atoms with E-state index in [2.05, 4.69) is 35.1 Å². The molecule has 1 rings (SSSR count). The minimum absolute atomic E-state index is 0.373. The molecular formula is C14H22BrNO2. The molecule has 0 heterocycles. The second-order valence-corrected chi connectivity index (χ2v) is 5.84. The fraction of sp³-hybridized carbons (Fsp3) is 0.571. The first-order valence-electron chi connectivity index (χ1n) is 6.25. The highest BCUT2D eigenvalue weighted by Gasteiger charge is 2.06. The normalized spacial score (nSPS) is 12.8. The monoisotopic (exact) mass is 315 g/mol. The highest BCUT2D eigenvalue weighted by Crippen LogP contribution is 2.20. The zero-order valence-electron chi connectivity index (χ0n) is 11.2. The minimum Gasteiger partial charge on any atom is -0.389 e. The third-order valence-corrected chi connectivity index (χ3v) is 2.98. The van der Waals surface area contributed by atoms with Gasteiger partial charge in [0.1, 0.15) is 0 Å². The number of anilines is 1. The van der Waals surface area contributed by atoms with Crippen molar-refractivity contribution in [2.45, 2.75) is 26.9 Å². The van der Waals surface area contributed by atoms with E-state index in [1.807, 2.05) is 25.1 Å². The first-order valence-corrected chi connectivity index (χ1v) is 7.04. The highest BCUT2D eigenvalue weighted by atomic mass is 79.9. The van der Waals surface area contributed by atoms with E-state index in [0.29, 0.717) is 25.7 Å². The molecule has 102 valence electrons. The number of aryl methyl sites for hydroxylation is 1. The van der Waals surface area contributed by atoms with Gasteiger partial charge in [-0.15, -0.1) is 0 Å². The summed E-state index contributed by atoms with van der Waals surface area (Å²) in [6, 6.07) is 6.05. The highest BCUT2D eigenvalue weighted by molar-refractivity contribution is 9.10. The van der Waals surface area contributed by atoms with E-state index < -0.39 is 6.10 Å². The molecule has 0 aliphatic heterocycles. The predicted molar refractivity (Wildman–Crippen MR) is 79.0 cm³/mol. The molecule has 0 amide bonds. The summed E-state index contributed by atoms with van der Waals surface area (Å²) >= 11 is 3.43. The molecule has 0 aromatic heterocycles. The maximum absolute atomic E-state index is 9.78. The SMILES string of the molecule is Cc1ccc(Br)cc1NCC(O)COCC(C)C. The summed E-state index contributed by atoms with van der Waals surface area (Å²) in [6.07, 6.45) is -0.484. The molecular weight excluding hydrogens is 294 g/mol. The number of hydrogen-bond acceptors (Lipinski definition) is 3. The summed E-state index contributed by atoms with van der Waals surface area (Å²) < 4.78 is 6.43. The van der Waals surface area contributed by atoms with Crippen molar-refractivity contribution in [3.63, 3.8) is 0 Å². The minimum atomic E-state index is -0.484. The molecule has 1 aromatic rings. The molecule has 0 saturated heterocycles. The standard InChI is InChI=1S/C14H22BrNO2/c1-10(2)8-18-9-13(17)7-16-14-6-12(15)5-4-11(14)3/h4-6,10,13,16-17H,7-9H2,1-3H3. The van der Waals surface area contributed by atoms with Gasteiger partial charge in [0.15, 0.2) is 0 Å². The Labute approximate surface area is 118 Å². The molecule has 0 spiro atoms. The molecule has 1 atom stereocenters. The lowest BCUT2D eigenvalue weighted by molar-refractivity contribution is 0.0318. The molecule has 0 radical (unpaired) electrons. The van der Waals surface area contributed by atoms with Crippen LogP contribution in [0.3, 0.4) is 0 Å². The molecule has 0 aliphatic carbocycles. The van der Waals surface area contributed by atoms with Crippen LogP contribution < -0.4 is 5.32 Å². The lowest BCUT2D eigenvalue weighted by Gasteiger charge is -2.15. The second kappa shape index (κ2) is 7.77. The summed E-state index contributed by atoms with van der Waals surface area (Å²) in [4.78, 5) is 0. The number of hydrogen-bond donors (Lipinski definition) is 2. The Hall–Kier alpha value is -0.580. The van der Waals surface area contributed by atoms with Gasteiger partial charge in [-0.3, -0.25) is 0 Å². The van der Waals surface area contributed by atoms with Crippen molar-refractivity contribution in [1.29, 1.82) is 0 Å². The predicted octanol–water partition coefficient (Wildman–Crippen LogP) is 3.20. The summed E-state index contributed by atoms with van der Waals surface area (Å²) in [7, 11) is 0. The third-order valence-electron chi connectivity index (χ3n) is 2.49. The van der Waals surface area contributed by atoms with E-state index in [1.165, 1.54) is 0 Å². The first-order chi connectivity index (χ1) is 8.49. The van der Waals surface area contributed by atoms with Gasteiger partial charge < -0.3 is 15.2 Å². The number of ether oxygens (including phenoxy) is 1. The number of benzene rings is 1. The van der Waals surface area contributed by atoms with Gasteiger partial charge in [-0.2, -0.15) is 0 Å². The van der Waals surface area contributed by atoms with Gasteiger partial charge in [-0.25, -0.2) is 0 Å².